The van der Waals surface area contributed by atoms with E-state index in [2.05, 4.69) is 22.1 Å². The second-order valence-electron chi connectivity index (χ2n) is 4.73. The van der Waals surface area contributed by atoms with Crippen LogP contribution in [0.2, 0.25) is 0 Å². The third-order valence-corrected chi connectivity index (χ3v) is 4.01. The first-order chi connectivity index (χ1) is 9.72. The number of nitrogens with one attached hydrogen (secondary N) is 2. The number of thiophene rings is 1. The van der Waals surface area contributed by atoms with Gasteiger partial charge in [-0.2, -0.15) is 11.3 Å². The Kier molecular flexibility index (Phi) is 3.52. The highest BCUT2D eigenvalue weighted by Gasteiger charge is 2.18. The Morgan fingerprint density at radius 1 is 1.35 bits per heavy atom. The van der Waals surface area contributed by atoms with Crippen molar-refractivity contribution in [2.45, 2.75) is 12.8 Å². The lowest BCUT2D eigenvalue weighted by atomic mass is 10.1. The Labute approximate surface area is 120 Å². The summed E-state index contributed by atoms with van der Waals surface area (Å²) < 4.78 is 0. The molecule has 2 heterocycles. The number of fused-ring (bicyclic) bond motifs is 1. The zero-order valence-corrected chi connectivity index (χ0v) is 11.6. The fourth-order valence-corrected chi connectivity index (χ4v) is 2.92. The van der Waals surface area contributed by atoms with Crippen molar-refractivity contribution >= 4 is 28.8 Å². The Morgan fingerprint density at radius 2 is 2.25 bits per heavy atom. The molecule has 0 bridgehead atoms. The molecule has 2 amide bonds. The van der Waals surface area contributed by atoms with Crippen molar-refractivity contribution in [2.24, 2.45) is 0 Å². The van der Waals surface area contributed by atoms with Crippen molar-refractivity contribution in [2.75, 3.05) is 11.9 Å². The summed E-state index contributed by atoms with van der Waals surface area (Å²) >= 11 is 1.66. The maximum absolute atomic E-state index is 12.0. The van der Waals surface area contributed by atoms with Crippen molar-refractivity contribution in [3.05, 3.63) is 51.7 Å². The molecular weight excluding hydrogens is 272 g/mol. The average Bonchev–Trinajstić information content (AvgIpc) is 3.05. The minimum absolute atomic E-state index is 0.0185. The molecule has 0 fully saturated rings. The van der Waals surface area contributed by atoms with E-state index >= 15 is 0 Å². The molecule has 1 aromatic heterocycles. The lowest BCUT2D eigenvalue weighted by Crippen LogP contribution is -2.25. The third kappa shape index (κ3) is 2.72. The van der Waals surface area contributed by atoms with E-state index in [4.69, 9.17) is 0 Å². The topological polar surface area (TPSA) is 58.2 Å². The van der Waals surface area contributed by atoms with Gasteiger partial charge in [-0.25, -0.2) is 0 Å². The number of carbonyl (C=O) groups excluding carboxylic acids is 2. The van der Waals surface area contributed by atoms with Gasteiger partial charge < -0.3 is 10.6 Å². The van der Waals surface area contributed by atoms with E-state index in [-0.39, 0.29) is 11.8 Å². The number of anilines is 1. The second-order valence-corrected chi connectivity index (χ2v) is 5.51. The lowest BCUT2D eigenvalue weighted by molar-refractivity contribution is -0.115. The van der Waals surface area contributed by atoms with E-state index in [0.717, 1.165) is 17.7 Å². The van der Waals surface area contributed by atoms with Crippen LogP contribution in [0.15, 0.2) is 35.0 Å². The molecule has 20 heavy (non-hydrogen) atoms. The van der Waals surface area contributed by atoms with Crippen LogP contribution >= 0.6 is 11.3 Å². The highest BCUT2D eigenvalue weighted by molar-refractivity contribution is 7.07. The smallest absolute Gasteiger partial charge is 0.251 e. The van der Waals surface area contributed by atoms with Crippen LogP contribution in [0.1, 0.15) is 21.5 Å². The van der Waals surface area contributed by atoms with Crippen LogP contribution in [0.25, 0.3) is 0 Å². The van der Waals surface area contributed by atoms with Crippen LogP contribution in [0.3, 0.4) is 0 Å². The molecule has 1 aromatic carbocycles. The van der Waals surface area contributed by atoms with Gasteiger partial charge in [0, 0.05) is 17.8 Å². The van der Waals surface area contributed by atoms with Crippen LogP contribution in [0.5, 0.6) is 0 Å². The van der Waals surface area contributed by atoms with Crippen LogP contribution in [-0.4, -0.2) is 18.4 Å². The van der Waals surface area contributed by atoms with Gasteiger partial charge >= 0.3 is 0 Å². The van der Waals surface area contributed by atoms with E-state index in [9.17, 15) is 9.59 Å². The van der Waals surface area contributed by atoms with Crippen molar-refractivity contribution in [3.63, 3.8) is 0 Å². The molecule has 0 saturated carbocycles. The van der Waals surface area contributed by atoms with Gasteiger partial charge in [0.2, 0.25) is 5.91 Å². The number of amides is 2. The SMILES string of the molecule is O=C1Cc2ccc(C(=O)NCCc3ccsc3)cc2N1. The zero-order chi connectivity index (χ0) is 13.9. The van der Waals surface area contributed by atoms with Crippen LogP contribution in [0, 0.1) is 0 Å². The largest absolute Gasteiger partial charge is 0.352 e. The van der Waals surface area contributed by atoms with Gasteiger partial charge in [-0.1, -0.05) is 6.07 Å². The van der Waals surface area contributed by atoms with E-state index in [0.29, 0.717) is 18.5 Å². The molecule has 0 unspecified atom stereocenters. The standard InChI is InChI=1S/C15H14N2O2S/c18-14-8-11-1-2-12(7-13(11)17-14)15(19)16-5-3-10-4-6-20-9-10/h1-2,4,6-7,9H,3,5,8H2,(H,16,19)(H,17,18). The molecule has 1 aliphatic heterocycles. The predicted octanol–water partition coefficient (Wildman–Crippen LogP) is 2.22. The number of carbonyl (C=O) groups is 2. The number of hydrogen-bond acceptors (Lipinski definition) is 3. The summed E-state index contributed by atoms with van der Waals surface area (Å²) in [6, 6.07) is 7.39. The average molecular weight is 286 g/mol. The van der Waals surface area contributed by atoms with Crippen LogP contribution in [0.4, 0.5) is 5.69 Å². The Morgan fingerprint density at radius 3 is 3.05 bits per heavy atom. The number of rotatable bonds is 4. The lowest BCUT2D eigenvalue weighted by Gasteiger charge is -2.06. The molecule has 2 aromatic rings. The summed E-state index contributed by atoms with van der Waals surface area (Å²) in [4.78, 5) is 23.3. The Hall–Kier alpha value is -2.14. The van der Waals surface area contributed by atoms with Gasteiger partial charge in [0.15, 0.2) is 0 Å². The van der Waals surface area contributed by atoms with E-state index in [1.165, 1.54) is 5.56 Å². The maximum atomic E-state index is 12.0. The molecule has 5 heteroatoms. The molecule has 4 nitrogen and oxygen atoms in total. The molecular formula is C15H14N2O2S. The molecule has 0 radical (unpaired) electrons. The quantitative estimate of drug-likeness (QED) is 0.905. The van der Waals surface area contributed by atoms with Crippen LogP contribution in [-0.2, 0) is 17.6 Å². The fourth-order valence-electron chi connectivity index (χ4n) is 2.21. The molecule has 0 saturated heterocycles. The summed E-state index contributed by atoms with van der Waals surface area (Å²) in [5, 5.41) is 9.75. The van der Waals surface area contributed by atoms with Gasteiger partial charge in [0.05, 0.1) is 6.42 Å². The Bertz CT molecular complexity index is 650. The van der Waals surface area contributed by atoms with Crippen molar-refractivity contribution in [1.82, 2.24) is 5.32 Å². The first-order valence-electron chi connectivity index (χ1n) is 6.44. The molecule has 0 aliphatic carbocycles. The van der Waals surface area contributed by atoms with Crippen molar-refractivity contribution in [1.29, 1.82) is 0 Å². The van der Waals surface area contributed by atoms with E-state index < -0.39 is 0 Å². The predicted molar refractivity (Wildman–Crippen MR) is 79.1 cm³/mol. The fraction of sp³-hybridized carbons (Fsp3) is 0.200. The van der Waals surface area contributed by atoms with Gasteiger partial charge in [-0.05, 0) is 46.5 Å². The summed E-state index contributed by atoms with van der Waals surface area (Å²) in [6.45, 7) is 0.610. The van der Waals surface area contributed by atoms with E-state index in [1.807, 2.05) is 11.4 Å². The van der Waals surface area contributed by atoms with Gasteiger partial charge in [0.25, 0.3) is 5.91 Å². The maximum Gasteiger partial charge on any atom is 0.251 e. The summed E-state index contributed by atoms with van der Waals surface area (Å²) in [6.07, 6.45) is 1.23. The summed E-state index contributed by atoms with van der Waals surface area (Å²) in [7, 11) is 0. The minimum Gasteiger partial charge on any atom is -0.352 e. The Balaban J connectivity index is 1.60. The highest BCUT2D eigenvalue weighted by Crippen LogP contribution is 2.23. The number of hydrogen-bond donors (Lipinski definition) is 2. The molecule has 2 N–H and O–H groups in total. The molecule has 0 atom stereocenters. The molecule has 3 rings (SSSR count). The van der Waals surface area contributed by atoms with Crippen molar-refractivity contribution < 1.29 is 9.59 Å². The zero-order valence-electron chi connectivity index (χ0n) is 10.8. The summed E-state index contributed by atoms with van der Waals surface area (Å²) in [5.41, 5.74) is 3.51. The second kappa shape index (κ2) is 5.46. The highest BCUT2D eigenvalue weighted by atomic mass is 32.1. The first-order valence-corrected chi connectivity index (χ1v) is 7.39. The minimum atomic E-state index is -0.107. The first kappa shape index (κ1) is 12.9. The third-order valence-electron chi connectivity index (χ3n) is 3.28. The van der Waals surface area contributed by atoms with Gasteiger partial charge in [-0.3, -0.25) is 9.59 Å². The molecule has 0 spiro atoms. The molecule has 1 aliphatic rings. The number of benzene rings is 1. The van der Waals surface area contributed by atoms with Crippen molar-refractivity contribution in [3.8, 4) is 0 Å². The van der Waals surface area contributed by atoms with E-state index in [1.54, 1.807) is 23.5 Å². The normalized spacial score (nSPS) is 12.9. The monoisotopic (exact) mass is 286 g/mol. The molecule has 102 valence electrons. The van der Waals surface area contributed by atoms with Gasteiger partial charge in [-0.15, -0.1) is 0 Å². The van der Waals surface area contributed by atoms with Crippen LogP contribution < -0.4 is 10.6 Å². The van der Waals surface area contributed by atoms with Gasteiger partial charge in [0.1, 0.15) is 0 Å². The summed E-state index contributed by atoms with van der Waals surface area (Å²) in [5.74, 6) is -0.126.